The van der Waals surface area contributed by atoms with Gasteiger partial charge in [0.15, 0.2) is 0 Å². The van der Waals surface area contributed by atoms with Crippen molar-refractivity contribution in [3.8, 4) is 0 Å². The van der Waals surface area contributed by atoms with Gasteiger partial charge in [0.25, 0.3) is 10.1 Å². The predicted octanol–water partition coefficient (Wildman–Crippen LogP) is 1.28. The van der Waals surface area contributed by atoms with E-state index < -0.39 is 15.6 Å². The van der Waals surface area contributed by atoms with Crippen LogP contribution >= 0.6 is 22.9 Å². The molecule has 0 aromatic carbocycles. The van der Waals surface area contributed by atoms with Gasteiger partial charge in [-0.15, -0.1) is 11.3 Å². The van der Waals surface area contributed by atoms with Gasteiger partial charge in [-0.1, -0.05) is 11.6 Å². The van der Waals surface area contributed by atoms with Crippen molar-refractivity contribution < 1.29 is 18.1 Å². The van der Waals surface area contributed by atoms with Crippen LogP contribution in [0.25, 0.3) is 0 Å². The molecule has 0 bridgehead atoms. The SMILES string of the molecule is O=S(=O)(O)C(O)c1ccsc1Cl. The maximum Gasteiger partial charge on any atom is 0.296 e. The van der Waals surface area contributed by atoms with E-state index in [-0.39, 0.29) is 9.90 Å². The molecule has 0 fully saturated rings. The molecule has 1 rings (SSSR count). The van der Waals surface area contributed by atoms with Crippen molar-refractivity contribution in [2.24, 2.45) is 0 Å². The Labute approximate surface area is 78.2 Å². The molecule has 0 saturated heterocycles. The molecule has 0 saturated carbocycles. The zero-order valence-corrected chi connectivity index (χ0v) is 8.03. The number of hydrogen-bond donors (Lipinski definition) is 2. The van der Waals surface area contributed by atoms with Gasteiger partial charge in [0.2, 0.25) is 5.44 Å². The Morgan fingerprint density at radius 3 is 2.50 bits per heavy atom. The fraction of sp³-hybridized carbons (Fsp3) is 0.200. The van der Waals surface area contributed by atoms with E-state index in [1.165, 1.54) is 11.4 Å². The van der Waals surface area contributed by atoms with Crippen molar-refractivity contribution in [2.75, 3.05) is 0 Å². The van der Waals surface area contributed by atoms with Crippen LogP contribution < -0.4 is 0 Å². The maximum atomic E-state index is 10.4. The van der Waals surface area contributed by atoms with E-state index in [1.807, 2.05) is 0 Å². The molecule has 0 radical (unpaired) electrons. The third kappa shape index (κ3) is 1.96. The Balaban J connectivity index is 3.09. The second-order valence-corrected chi connectivity index (χ2v) is 5.01. The van der Waals surface area contributed by atoms with Crippen molar-refractivity contribution in [1.82, 2.24) is 0 Å². The summed E-state index contributed by atoms with van der Waals surface area (Å²) in [4.78, 5) is 0. The minimum atomic E-state index is -4.47. The van der Waals surface area contributed by atoms with Gasteiger partial charge in [0, 0.05) is 5.56 Å². The molecule has 1 aromatic rings. The molecule has 0 aliphatic carbocycles. The maximum absolute atomic E-state index is 10.4. The van der Waals surface area contributed by atoms with E-state index in [1.54, 1.807) is 0 Å². The summed E-state index contributed by atoms with van der Waals surface area (Å²) >= 11 is 6.60. The van der Waals surface area contributed by atoms with Crippen LogP contribution in [-0.2, 0) is 10.1 Å². The lowest BCUT2D eigenvalue weighted by Gasteiger charge is -2.04. The molecule has 0 amide bonds. The first-order chi connectivity index (χ1) is 5.43. The average Bonchev–Trinajstić information content (AvgIpc) is 2.31. The number of aliphatic hydroxyl groups excluding tert-OH is 1. The van der Waals surface area contributed by atoms with Gasteiger partial charge in [0.1, 0.15) is 0 Å². The third-order valence-electron chi connectivity index (χ3n) is 1.19. The fourth-order valence-electron chi connectivity index (χ4n) is 0.640. The van der Waals surface area contributed by atoms with Crippen LogP contribution in [0, 0.1) is 0 Å². The van der Waals surface area contributed by atoms with E-state index >= 15 is 0 Å². The van der Waals surface area contributed by atoms with Crippen molar-refractivity contribution in [2.45, 2.75) is 5.44 Å². The van der Waals surface area contributed by atoms with Gasteiger partial charge < -0.3 is 5.11 Å². The lowest BCUT2D eigenvalue weighted by atomic mass is 10.4. The predicted molar refractivity (Wildman–Crippen MR) is 45.8 cm³/mol. The summed E-state index contributed by atoms with van der Waals surface area (Å²) < 4.78 is 29.5. The summed E-state index contributed by atoms with van der Waals surface area (Å²) in [6.45, 7) is 0. The zero-order valence-electron chi connectivity index (χ0n) is 5.64. The van der Waals surface area contributed by atoms with Crippen molar-refractivity contribution in [3.05, 3.63) is 21.3 Å². The number of aliphatic hydroxyl groups is 1. The summed E-state index contributed by atoms with van der Waals surface area (Å²) in [6, 6.07) is 1.34. The van der Waals surface area contributed by atoms with Crippen LogP contribution in [0.2, 0.25) is 4.34 Å². The lowest BCUT2D eigenvalue weighted by molar-refractivity contribution is 0.239. The number of halogens is 1. The van der Waals surface area contributed by atoms with E-state index in [0.717, 1.165) is 11.3 Å². The standard InChI is InChI=1S/C5H5ClO4S2/c6-4-3(1-2-11-4)5(7)12(8,9)10/h1-2,5,7H,(H,8,9,10). The topological polar surface area (TPSA) is 74.6 Å². The first-order valence-corrected chi connectivity index (χ1v) is 5.56. The Bertz CT molecular complexity index is 369. The molecular formula is C5H5ClO4S2. The highest BCUT2D eigenvalue weighted by molar-refractivity contribution is 7.85. The number of rotatable bonds is 2. The Morgan fingerprint density at radius 1 is 1.58 bits per heavy atom. The van der Waals surface area contributed by atoms with Gasteiger partial charge in [-0.05, 0) is 11.4 Å². The van der Waals surface area contributed by atoms with Crippen molar-refractivity contribution >= 4 is 33.1 Å². The molecule has 7 heteroatoms. The highest BCUT2D eigenvalue weighted by atomic mass is 35.5. The second kappa shape index (κ2) is 3.31. The van der Waals surface area contributed by atoms with Crippen molar-refractivity contribution in [1.29, 1.82) is 0 Å². The summed E-state index contributed by atoms with van der Waals surface area (Å²) in [7, 11) is -4.47. The van der Waals surface area contributed by atoms with Gasteiger partial charge in [-0.2, -0.15) is 8.42 Å². The fourth-order valence-corrected chi connectivity index (χ4v) is 2.27. The van der Waals surface area contributed by atoms with Gasteiger partial charge in [-0.25, -0.2) is 0 Å². The van der Waals surface area contributed by atoms with Crippen LogP contribution in [-0.4, -0.2) is 18.1 Å². The molecule has 4 nitrogen and oxygen atoms in total. The first kappa shape index (κ1) is 9.94. The van der Waals surface area contributed by atoms with Crippen LogP contribution in [0.5, 0.6) is 0 Å². The largest absolute Gasteiger partial charge is 0.371 e. The highest BCUT2D eigenvalue weighted by Crippen LogP contribution is 2.30. The van der Waals surface area contributed by atoms with E-state index in [2.05, 4.69) is 0 Å². The van der Waals surface area contributed by atoms with E-state index in [4.69, 9.17) is 21.3 Å². The molecule has 1 atom stereocenters. The molecule has 1 heterocycles. The van der Waals surface area contributed by atoms with Crippen LogP contribution in [0.1, 0.15) is 11.0 Å². The molecule has 1 aromatic heterocycles. The van der Waals surface area contributed by atoms with Crippen LogP contribution in [0.4, 0.5) is 0 Å². The Kier molecular flexibility index (Phi) is 2.74. The van der Waals surface area contributed by atoms with Gasteiger partial charge >= 0.3 is 0 Å². The minimum absolute atomic E-state index is 0.00386. The van der Waals surface area contributed by atoms with E-state index in [0.29, 0.717) is 0 Å². The normalized spacial score (nSPS) is 14.6. The molecule has 0 aliphatic rings. The van der Waals surface area contributed by atoms with Crippen LogP contribution in [0.3, 0.4) is 0 Å². The first-order valence-electron chi connectivity index (χ1n) is 2.80. The monoisotopic (exact) mass is 228 g/mol. The number of thiophene rings is 1. The quantitative estimate of drug-likeness (QED) is 0.748. The minimum Gasteiger partial charge on any atom is -0.371 e. The smallest absolute Gasteiger partial charge is 0.296 e. The molecular weight excluding hydrogens is 224 g/mol. The molecule has 2 N–H and O–H groups in total. The third-order valence-corrected chi connectivity index (χ3v) is 3.21. The molecule has 0 spiro atoms. The summed E-state index contributed by atoms with van der Waals surface area (Å²) in [5, 5.41) is 10.5. The summed E-state index contributed by atoms with van der Waals surface area (Å²) in [6.07, 6.45) is 0. The van der Waals surface area contributed by atoms with Gasteiger partial charge in [0.05, 0.1) is 4.34 Å². The lowest BCUT2D eigenvalue weighted by Crippen LogP contribution is -2.10. The molecule has 68 valence electrons. The second-order valence-electron chi connectivity index (χ2n) is 2.02. The molecule has 12 heavy (non-hydrogen) atoms. The average molecular weight is 229 g/mol. The molecule has 0 aliphatic heterocycles. The highest BCUT2D eigenvalue weighted by Gasteiger charge is 2.24. The Morgan fingerprint density at radius 2 is 2.17 bits per heavy atom. The Hall–Kier alpha value is -0.140. The number of hydrogen-bond acceptors (Lipinski definition) is 4. The molecule has 1 unspecified atom stereocenters. The van der Waals surface area contributed by atoms with Crippen molar-refractivity contribution in [3.63, 3.8) is 0 Å². The summed E-state index contributed by atoms with van der Waals surface area (Å²) in [5.74, 6) is 0. The zero-order chi connectivity index (χ0) is 9.35. The van der Waals surface area contributed by atoms with E-state index in [9.17, 15) is 8.42 Å². The van der Waals surface area contributed by atoms with Gasteiger partial charge in [-0.3, -0.25) is 4.55 Å². The summed E-state index contributed by atoms with van der Waals surface area (Å²) in [5.41, 5.74) is -1.94. The van der Waals surface area contributed by atoms with Crippen LogP contribution in [0.15, 0.2) is 11.4 Å².